The number of hydrogen-bond acceptors (Lipinski definition) is 3. The highest BCUT2D eigenvalue weighted by molar-refractivity contribution is 7.92. The van der Waals surface area contributed by atoms with Crippen LogP contribution in [-0.2, 0) is 10.0 Å². The monoisotopic (exact) mass is 418 g/mol. The average molecular weight is 419 g/mol. The van der Waals surface area contributed by atoms with E-state index in [0.29, 0.717) is 0 Å². The van der Waals surface area contributed by atoms with Crippen molar-refractivity contribution in [1.29, 1.82) is 0 Å². The molecule has 5 nitrogen and oxygen atoms in total. The molecule has 0 aliphatic carbocycles. The van der Waals surface area contributed by atoms with Gasteiger partial charge in [-0.05, 0) is 55.5 Å². The first-order valence-corrected chi connectivity index (χ1v) is 10.1. The number of rotatable bonds is 5. The number of nitrogens with one attached hydrogen (secondary N) is 2. The van der Waals surface area contributed by atoms with Crippen molar-refractivity contribution in [3.05, 3.63) is 88.7 Å². The standard InChI is InChI=1S/C20H16ClFN2O3S/c1-13-5-8-17(9-6-13)28(26,27)24-16-7-10-19(21)18(12-16)20(25)23-15-4-2-3-14(22)11-15/h2-12,24H,1H3,(H,23,25). The molecule has 0 bridgehead atoms. The van der Waals surface area contributed by atoms with E-state index in [2.05, 4.69) is 10.0 Å². The third kappa shape index (κ3) is 4.68. The van der Waals surface area contributed by atoms with E-state index in [1.54, 1.807) is 12.1 Å². The van der Waals surface area contributed by atoms with Crippen molar-refractivity contribution in [1.82, 2.24) is 0 Å². The molecule has 3 aromatic carbocycles. The van der Waals surface area contributed by atoms with E-state index in [1.165, 1.54) is 48.5 Å². The molecule has 0 heterocycles. The van der Waals surface area contributed by atoms with Gasteiger partial charge in [-0.15, -0.1) is 0 Å². The molecule has 0 fully saturated rings. The van der Waals surface area contributed by atoms with Gasteiger partial charge in [-0.2, -0.15) is 0 Å². The Morgan fingerprint density at radius 3 is 2.36 bits per heavy atom. The van der Waals surface area contributed by atoms with Crippen LogP contribution >= 0.6 is 11.6 Å². The highest BCUT2D eigenvalue weighted by Crippen LogP contribution is 2.24. The highest BCUT2D eigenvalue weighted by Gasteiger charge is 2.17. The van der Waals surface area contributed by atoms with Gasteiger partial charge >= 0.3 is 0 Å². The van der Waals surface area contributed by atoms with Crippen LogP contribution in [0.1, 0.15) is 15.9 Å². The van der Waals surface area contributed by atoms with Crippen molar-refractivity contribution < 1.29 is 17.6 Å². The van der Waals surface area contributed by atoms with E-state index >= 15 is 0 Å². The Balaban J connectivity index is 1.84. The molecule has 2 N–H and O–H groups in total. The van der Waals surface area contributed by atoms with Crippen molar-refractivity contribution in [3.8, 4) is 0 Å². The lowest BCUT2D eigenvalue weighted by atomic mass is 10.2. The van der Waals surface area contributed by atoms with Gasteiger partial charge in [0.15, 0.2) is 0 Å². The van der Waals surface area contributed by atoms with Gasteiger partial charge in [0.05, 0.1) is 15.5 Å². The number of anilines is 2. The molecule has 28 heavy (non-hydrogen) atoms. The second-order valence-electron chi connectivity index (χ2n) is 6.08. The van der Waals surface area contributed by atoms with Gasteiger partial charge in [0.2, 0.25) is 0 Å². The molecule has 0 unspecified atom stereocenters. The maximum atomic E-state index is 13.3. The van der Waals surface area contributed by atoms with E-state index in [0.717, 1.165) is 11.6 Å². The fraction of sp³-hybridized carbons (Fsp3) is 0.0500. The molecular weight excluding hydrogens is 403 g/mol. The molecule has 3 rings (SSSR count). The summed E-state index contributed by atoms with van der Waals surface area (Å²) in [6.45, 7) is 1.85. The van der Waals surface area contributed by atoms with Gasteiger partial charge in [-0.25, -0.2) is 12.8 Å². The third-order valence-corrected chi connectivity index (χ3v) is 5.60. The molecule has 144 valence electrons. The summed E-state index contributed by atoms with van der Waals surface area (Å²) in [7, 11) is -3.82. The predicted molar refractivity (Wildman–Crippen MR) is 108 cm³/mol. The van der Waals surface area contributed by atoms with Gasteiger partial charge in [0, 0.05) is 11.4 Å². The summed E-state index contributed by atoms with van der Waals surface area (Å²) in [5.74, 6) is -1.09. The molecular formula is C20H16ClFN2O3S. The number of sulfonamides is 1. The largest absolute Gasteiger partial charge is 0.322 e. The predicted octanol–water partition coefficient (Wildman–Crippen LogP) is 4.84. The summed E-state index contributed by atoms with van der Waals surface area (Å²) in [5.41, 5.74) is 1.41. The Kier molecular flexibility index (Phi) is 5.67. The zero-order valence-corrected chi connectivity index (χ0v) is 16.3. The van der Waals surface area contributed by atoms with Crippen LogP contribution in [0.15, 0.2) is 71.6 Å². The normalized spacial score (nSPS) is 11.1. The van der Waals surface area contributed by atoms with E-state index in [4.69, 9.17) is 11.6 Å². The Bertz CT molecular complexity index is 1130. The first kappa shape index (κ1) is 19.9. The summed E-state index contributed by atoms with van der Waals surface area (Å²) >= 11 is 6.08. The van der Waals surface area contributed by atoms with Crippen molar-refractivity contribution in [2.75, 3.05) is 10.0 Å². The first-order valence-electron chi connectivity index (χ1n) is 8.20. The minimum Gasteiger partial charge on any atom is -0.322 e. The number of amides is 1. The summed E-state index contributed by atoms with van der Waals surface area (Å²) in [5, 5.41) is 2.66. The zero-order valence-electron chi connectivity index (χ0n) is 14.7. The van der Waals surface area contributed by atoms with Crippen molar-refractivity contribution in [2.24, 2.45) is 0 Å². The molecule has 0 spiro atoms. The quantitative estimate of drug-likeness (QED) is 0.622. The molecule has 0 atom stereocenters. The van der Waals surface area contributed by atoms with Crippen molar-refractivity contribution >= 4 is 38.9 Å². The van der Waals surface area contributed by atoms with Crippen molar-refractivity contribution in [3.63, 3.8) is 0 Å². The SMILES string of the molecule is Cc1ccc(S(=O)(=O)Nc2ccc(Cl)c(C(=O)Nc3cccc(F)c3)c2)cc1. The summed E-state index contributed by atoms with van der Waals surface area (Å²) in [4.78, 5) is 12.6. The molecule has 0 saturated heterocycles. The van der Waals surface area contributed by atoms with Crippen LogP contribution in [0, 0.1) is 12.7 Å². The second kappa shape index (κ2) is 8.00. The van der Waals surface area contributed by atoms with Crippen LogP contribution in [0.25, 0.3) is 0 Å². The molecule has 0 saturated carbocycles. The van der Waals surface area contributed by atoms with Gasteiger partial charge < -0.3 is 5.32 Å². The highest BCUT2D eigenvalue weighted by atomic mass is 35.5. The summed E-state index contributed by atoms with van der Waals surface area (Å²) < 4.78 is 40.7. The zero-order chi connectivity index (χ0) is 20.3. The lowest BCUT2D eigenvalue weighted by Gasteiger charge is -2.11. The lowest BCUT2D eigenvalue weighted by Crippen LogP contribution is -2.15. The number of carbonyl (C=O) groups excluding carboxylic acids is 1. The van der Waals surface area contributed by atoms with Crippen LogP contribution < -0.4 is 10.0 Å². The van der Waals surface area contributed by atoms with Crippen LogP contribution in [0.4, 0.5) is 15.8 Å². The molecule has 0 radical (unpaired) electrons. The minimum absolute atomic E-state index is 0.0510. The fourth-order valence-electron chi connectivity index (χ4n) is 2.46. The number of benzene rings is 3. The maximum absolute atomic E-state index is 13.3. The minimum atomic E-state index is -3.82. The Morgan fingerprint density at radius 1 is 0.964 bits per heavy atom. The van der Waals surface area contributed by atoms with E-state index in [-0.39, 0.29) is 26.9 Å². The topological polar surface area (TPSA) is 75.3 Å². The summed E-state index contributed by atoms with van der Waals surface area (Å²) in [6.07, 6.45) is 0. The van der Waals surface area contributed by atoms with Gasteiger partial charge in [-0.1, -0.05) is 35.4 Å². The average Bonchev–Trinajstić information content (AvgIpc) is 2.63. The van der Waals surface area contributed by atoms with Gasteiger partial charge in [0.25, 0.3) is 15.9 Å². The van der Waals surface area contributed by atoms with E-state index in [1.807, 2.05) is 6.92 Å². The summed E-state index contributed by atoms with van der Waals surface area (Å²) in [6, 6.07) is 15.9. The first-order chi connectivity index (χ1) is 13.2. The van der Waals surface area contributed by atoms with Crippen molar-refractivity contribution in [2.45, 2.75) is 11.8 Å². The van der Waals surface area contributed by atoms with Gasteiger partial charge in [-0.3, -0.25) is 9.52 Å². The second-order valence-corrected chi connectivity index (χ2v) is 8.17. The van der Waals surface area contributed by atoms with Crippen LogP contribution in [-0.4, -0.2) is 14.3 Å². The third-order valence-electron chi connectivity index (χ3n) is 3.88. The Labute approximate surface area is 167 Å². The molecule has 3 aromatic rings. The lowest BCUT2D eigenvalue weighted by molar-refractivity contribution is 0.102. The van der Waals surface area contributed by atoms with Crippen LogP contribution in [0.5, 0.6) is 0 Å². The number of halogens is 2. The fourth-order valence-corrected chi connectivity index (χ4v) is 3.71. The number of carbonyl (C=O) groups is 1. The van der Waals surface area contributed by atoms with Crippen LogP contribution in [0.2, 0.25) is 5.02 Å². The molecule has 0 aliphatic rings. The van der Waals surface area contributed by atoms with E-state index < -0.39 is 21.7 Å². The number of hydrogen-bond donors (Lipinski definition) is 2. The van der Waals surface area contributed by atoms with E-state index in [9.17, 15) is 17.6 Å². The smallest absolute Gasteiger partial charge is 0.261 e. The van der Waals surface area contributed by atoms with Crippen LogP contribution in [0.3, 0.4) is 0 Å². The van der Waals surface area contributed by atoms with Gasteiger partial charge in [0.1, 0.15) is 5.82 Å². The molecule has 0 aromatic heterocycles. The molecule has 0 aliphatic heterocycles. The molecule has 8 heteroatoms. The Morgan fingerprint density at radius 2 is 1.68 bits per heavy atom. The Hall–Kier alpha value is -2.90. The number of aryl methyl sites for hydroxylation is 1. The molecule has 1 amide bonds. The maximum Gasteiger partial charge on any atom is 0.261 e.